The van der Waals surface area contributed by atoms with Crippen LogP contribution in [0.3, 0.4) is 0 Å². The second kappa shape index (κ2) is 8.36. The zero-order valence-corrected chi connectivity index (χ0v) is 15.6. The Hall–Kier alpha value is -2.05. The molecule has 0 unspecified atom stereocenters. The highest BCUT2D eigenvalue weighted by atomic mass is 32.1. The van der Waals surface area contributed by atoms with Crippen molar-refractivity contribution in [3.05, 3.63) is 41.3 Å². The van der Waals surface area contributed by atoms with Crippen molar-refractivity contribution in [2.24, 2.45) is 4.99 Å². The van der Waals surface area contributed by atoms with Crippen LogP contribution in [0, 0.1) is 0 Å². The van der Waals surface area contributed by atoms with Crippen molar-refractivity contribution in [1.29, 1.82) is 0 Å². The monoisotopic (exact) mass is 359 g/mol. The molecule has 25 heavy (non-hydrogen) atoms. The Bertz CT molecular complexity index is 712. The number of aliphatic imine (C=N–C) groups is 1. The third-order valence-corrected chi connectivity index (χ3v) is 5.34. The number of guanidine groups is 1. The molecule has 1 aromatic carbocycles. The summed E-state index contributed by atoms with van der Waals surface area (Å²) in [4.78, 5) is 9.33. The van der Waals surface area contributed by atoms with Crippen molar-refractivity contribution in [2.45, 2.75) is 26.0 Å². The lowest BCUT2D eigenvalue weighted by molar-refractivity contribution is 0.188. The van der Waals surface area contributed by atoms with Crippen molar-refractivity contribution in [3.63, 3.8) is 0 Å². The van der Waals surface area contributed by atoms with Crippen molar-refractivity contribution in [2.75, 3.05) is 26.7 Å². The van der Waals surface area contributed by atoms with E-state index in [0.29, 0.717) is 13.1 Å². The summed E-state index contributed by atoms with van der Waals surface area (Å²) in [6.45, 7) is 5.06. The van der Waals surface area contributed by atoms with Crippen LogP contribution >= 0.6 is 11.3 Å². The highest BCUT2D eigenvalue weighted by molar-refractivity contribution is 7.15. The Morgan fingerprint density at radius 1 is 1.32 bits per heavy atom. The number of nitrogens with zero attached hydrogens (tertiary/aromatic N) is 2. The summed E-state index contributed by atoms with van der Waals surface area (Å²) >= 11 is 1.76. The number of hydrogen-bond acceptors (Lipinski definition) is 4. The summed E-state index contributed by atoms with van der Waals surface area (Å²) < 4.78 is 5.21. The molecule has 1 atom stereocenters. The standard InChI is InChI=1S/C19H25N3O2S/c1-3-20-19(22-11-10-15(23)13-22)21-12-17-8-9-18(25-17)14-4-6-16(24-2)7-5-14/h4-9,15,23H,3,10-13H2,1-2H3,(H,20,21)/t15-/m1/s1. The minimum Gasteiger partial charge on any atom is -0.497 e. The highest BCUT2D eigenvalue weighted by Gasteiger charge is 2.22. The van der Waals surface area contributed by atoms with Gasteiger partial charge in [0.1, 0.15) is 5.75 Å². The maximum atomic E-state index is 9.74. The average Bonchev–Trinajstić information content (AvgIpc) is 3.28. The lowest BCUT2D eigenvalue weighted by Gasteiger charge is -2.20. The Morgan fingerprint density at radius 3 is 2.76 bits per heavy atom. The maximum absolute atomic E-state index is 9.74. The lowest BCUT2D eigenvalue weighted by atomic mass is 10.2. The van der Waals surface area contributed by atoms with Crippen molar-refractivity contribution >= 4 is 17.3 Å². The van der Waals surface area contributed by atoms with Crippen LogP contribution < -0.4 is 10.1 Å². The van der Waals surface area contributed by atoms with Crippen LogP contribution in [0.1, 0.15) is 18.2 Å². The molecule has 2 heterocycles. The fraction of sp³-hybridized carbons (Fsp3) is 0.421. The number of likely N-dealkylation sites (tertiary alicyclic amines) is 1. The maximum Gasteiger partial charge on any atom is 0.194 e. The number of rotatable bonds is 5. The Balaban J connectivity index is 1.68. The van der Waals surface area contributed by atoms with E-state index in [-0.39, 0.29) is 6.10 Å². The van der Waals surface area contributed by atoms with Crippen LogP contribution in [0.5, 0.6) is 5.75 Å². The molecule has 1 saturated heterocycles. The van der Waals surface area contributed by atoms with E-state index in [1.165, 1.54) is 15.3 Å². The summed E-state index contributed by atoms with van der Waals surface area (Å²) in [5.41, 5.74) is 1.19. The van der Waals surface area contributed by atoms with Crippen LogP contribution in [-0.4, -0.2) is 48.8 Å². The summed E-state index contributed by atoms with van der Waals surface area (Å²) in [6, 6.07) is 12.4. The summed E-state index contributed by atoms with van der Waals surface area (Å²) in [5.74, 6) is 1.76. The minimum atomic E-state index is -0.243. The third kappa shape index (κ3) is 4.52. The number of aliphatic hydroxyl groups is 1. The Morgan fingerprint density at radius 2 is 2.12 bits per heavy atom. The molecule has 2 aromatic rings. The molecular formula is C19H25N3O2S. The number of aliphatic hydroxyl groups excluding tert-OH is 1. The van der Waals surface area contributed by atoms with Crippen LogP contribution in [0.15, 0.2) is 41.4 Å². The molecule has 134 valence electrons. The molecule has 0 saturated carbocycles. The smallest absolute Gasteiger partial charge is 0.194 e. The molecule has 0 spiro atoms. The van der Waals surface area contributed by atoms with Gasteiger partial charge < -0.3 is 20.1 Å². The molecule has 3 rings (SSSR count). The largest absolute Gasteiger partial charge is 0.497 e. The first-order valence-corrected chi connectivity index (χ1v) is 9.45. The van der Waals surface area contributed by atoms with Crippen LogP contribution in [0.4, 0.5) is 0 Å². The second-order valence-corrected chi connectivity index (χ2v) is 7.22. The van der Waals surface area contributed by atoms with Crippen LogP contribution in [0.2, 0.25) is 0 Å². The van der Waals surface area contributed by atoms with E-state index in [1.54, 1.807) is 18.4 Å². The SMILES string of the molecule is CCNC(=NCc1ccc(-c2ccc(OC)cc2)s1)N1CC[C@@H](O)C1. The summed E-state index contributed by atoms with van der Waals surface area (Å²) in [7, 11) is 1.68. The van der Waals surface area contributed by atoms with E-state index in [2.05, 4.69) is 41.4 Å². The first kappa shape index (κ1) is 17.8. The van der Waals surface area contributed by atoms with E-state index in [4.69, 9.17) is 9.73 Å². The molecule has 6 heteroatoms. The number of β-amino-alcohol motifs (C(OH)–C–C–N with tert-alkyl or cyclic N) is 1. The number of methoxy groups -OCH3 is 1. The highest BCUT2D eigenvalue weighted by Crippen LogP contribution is 2.29. The summed E-state index contributed by atoms with van der Waals surface area (Å²) in [6.07, 6.45) is 0.567. The van der Waals surface area contributed by atoms with Gasteiger partial charge in [0.15, 0.2) is 5.96 Å². The lowest BCUT2D eigenvalue weighted by Crippen LogP contribution is -2.40. The van der Waals surface area contributed by atoms with Gasteiger partial charge in [0.05, 0.1) is 19.8 Å². The van der Waals surface area contributed by atoms with Gasteiger partial charge in [-0.15, -0.1) is 11.3 Å². The number of ether oxygens (including phenoxy) is 1. The van der Waals surface area contributed by atoms with E-state index in [0.717, 1.165) is 31.2 Å². The van der Waals surface area contributed by atoms with Crippen molar-refractivity contribution in [1.82, 2.24) is 10.2 Å². The van der Waals surface area contributed by atoms with Gasteiger partial charge in [-0.25, -0.2) is 4.99 Å². The molecule has 1 aromatic heterocycles. The molecule has 0 radical (unpaired) electrons. The predicted octanol–water partition coefficient (Wildman–Crippen LogP) is 2.96. The van der Waals surface area contributed by atoms with Crippen LogP contribution in [-0.2, 0) is 6.54 Å². The third-order valence-electron chi connectivity index (χ3n) is 4.22. The minimum absolute atomic E-state index is 0.243. The molecule has 0 bridgehead atoms. The Labute approximate surface area is 153 Å². The quantitative estimate of drug-likeness (QED) is 0.637. The van der Waals surface area contributed by atoms with Gasteiger partial charge in [-0.05, 0) is 55.3 Å². The molecule has 1 fully saturated rings. The van der Waals surface area contributed by atoms with E-state index >= 15 is 0 Å². The fourth-order valence-corrected chi connectivity index (χ4v) is 3.82. The average molecular weight is 359 g/mol. The molecule has 1 aliphatic heterocycles. The van der Waals surface area contributed by atoms with E-state index in [9.17, 15) is 5.11 Å². The predicted molar refractivity (Wildman–Crippen MR) is 103 cm³/mol. The van der Waals surface area contributed by atoms with Crippen molar-refractivity contribution < 1.29 is 9.84 Å². The van der Waals surface area contributed by atoms with Crippen LogP contribution in [0.25, 0.3) is 10.4 Å². The molecule has 2 N–H and O–H groups in total. The van der Waals surface area contributed by atoms with Gasteiger partial charge in [-0.3, -0.25) is 0 Å². The first-order chi connectivity index (χ1) is 12.2. The van der Waals surface area contributed by atoms with Gasteiger partial charge in [-0.2, -0.15) is 0 Å². The molecule has 0 aliphatic carbocycles. The normalized spacial score (nSPS) is 17.8. The topological polar surface area (TPSA) is 57.1 Å². The number of thiophene rings is 1. The fourth-order valence-electron chi connectivity index (χ4n) is 2.89. The van der Waals surface area contributed by atoms with Gasteiger partial charge in [0, 0.05) is 29.4 Å². The zero-order chi connectivity index (χ0) is 17.6. The van der Waals surface area contributed by atoms with E-state index in [1.807, 2.05) is 12.1 Å². The molecule has 5 nitrogen and oxygen atoms in total. The van der Waals surface area contributed by atoms with Gasteiger partial charge in [-0.1, -0.05) is 0 Å². The van der Waals surface area contributed by atoms with Crippen molar-refractivity contribution in [3.8, 4) is 16.2 Å². The van der Waals surface area contributed by atoms with Gasteiger partial charge >= 0.3 is 0 Å². The van der Waals surface area contributed by atoms with E-state index < -0.39 is 0 Å². The molecule has 0 amide bonds. The van der Waals surface area contributed by atoms with Gasteiger partial charge in [0.25, 0.3) is 0 Å². The second-order valence-electron chi connectivity index (χ2n) is 6.05. The number of hydrogen-bond donors (Lipinski definition) is 2. The van der Waals surface area contributed by atoms with Gasteiger partial charge in [0.2, 0.25) is 0 Å². The molecule has 1 aliphatic rings. The molecular weight excluding hydrogens is 334 g/mol. The first-order valence-electron chi connectivity index (χ1n) is 8.64. The number of nitrogens with one attached hydrogen (secondary N) is 1. The Kier molecular flexibility index (Phi) is 5.94. The summed E-state index contributed by atoms with van der Waals surface area (Å²) in [5, 5.41) is 13.1. The zero-order valence-electron chi connectivity index (χ0n) is 14.7. The number of benzene rings is 1.